The summed E-state index contributed by atoms with van der Waals surface area (Å²) in [6, 6.07) is 21.4. The van der Waals surface area contributed by atoms with E-state index in [2.05, 4.69) is 10.2 Å². The van der Waals surface area contributed by atoms with Crippen molar-refractivity contribution in [3.05, 3.63) is 94.5 Å². The maximum Gasteiger partial charge on any atom is 0.255 e. The van der Waals surface area contributed by atoms with E-state index >= 15 is 0 Å². The fourth-order valence-electron chi connectivity index (χ4n) is 3.99. The van der Waals surface area contributed by atoms with Gasteiger partial charge in [0, 0.05) is 48.7 Å². The van der Waals surface area contributed by atoms with Gasteiger partial charge in [0.25, 0.3) is 11.8 Å². The number of rotatable bonds is 4. The van der Waals surface area contributed by atoms with Crippen molar-refractivity contribution in [1.82, 2.24) is 4.90 Å². The minimum atomic E-state index is -0.107. The summed E-state index contributed by atoms with van der Waals surface area (Å²) in [5.74, 6) is -0.00339. The zero-order chi connectivity index (χ0) is 22.7. The second kappa shape index (κ2) is 9.27. The molecule has 0 aliphatic carbocycles. The number of hydrogen-bond donors (Lipinski definition) is 1. The number of nitrogens with one attached hydrogen (secondary N) is 1. The Morgan fingerprint density at radius 2 is 1.44 bits per heavy atom. The number of carbonyl (C=O) groups is 2. The SMILES string of the molecule is Cc1ccc(C(=O)Nc2ccc(N3CCN(C(=O)c4ccccc4C)CC3)cc2)cc1C. The Morgan fingerprint density at radius 3 is 2.09 bits per heavy atom. The number of anilines is 2. The Bertz CT molecular complexity index is 1130. The van der Waals surface area contributed by atoms with Crippen LogP contribution in [0, 0.1) is 20.8 Å². The van der Waals surface area contributed by atoms with E-state index in [0.29, 0.717) is 18.7 Å². The van der Waals surface area contributed by atoms with Crippen LogP contribution in [0.1, 0.15) is 37.4 Å². The van der Waals surface area contributed by atoms with Gasteiger partial charge in [0.15, 0.2) is 0 Å². The standard InChI is InChI=1S/C27H29N3O2/c1-19-8-9-22(18-21(19)3)26(31)28-23-10-12-24(13-11-23)29-14-16-30(17-15-29)27(32)25-7-5-4-6-20(25)2/h4-13,18H,14-17H2,1-3H3,(H,28,31). The van der Waals surface area contributed by atoms with Gasteiger partial charge in [0.1, 0.15) is 0 Å². The Kier molecular flexibility index (Phi) is 6.26. The Labute approximate surface area is 189 Å². The average Bonchev–Trinajstić information content (AvgIpc) is 2.81. The van der Waals surface area contributed by atoms with Gasteiger partial charge in [-0.15, -0.1) is 0 Å². The van der Waals surface area contributed by atoms with Crippen molar-refractivity contribution in [2.24, 2.45) is 0 Å². The number of aryl methyl sites for hydroxylation is 3. The quantitative estimate of drug-likeness (QED) is 0.649. The highest BCUT2D eigenvalue weighted by Crippen LogP contribution is 2.21. The highest BCUT2D eigenvalue weighted by Gasteiger charge is 2.23. The van der Waals surface area contributed by atoms with Crippen molar-refractivity contribution < 1.29 is 9.59 Å². The van der Waals surface area contributed by atoms with E-state index in [0.717, 1.165) is 41.2 Å². The lowest BCUT2D eigenvalue weighted by Gasteiger charge is -2.36. The number of piperazine rings is 1. The summed E-state index contributed by atoms with van der Waals surface area (Å²) in [5.41, 5.74) is 6.59. The summed E-state index contributed by atoms with van der Waals surface area (Å²) in [7, 11) is 0. The number of nitrogens with zero attached hydrogens (tertiary/aromatic N) is 2. The minimum Gasteiger partial charge on any atom is -0.368 e. The van der Waals surface area contributed by atoms with Crippen molar-refractivity contribution in [2.45, 2.75) is 20.8 Å². The predicted molar refractivity (Wildman–Crippen MR) is 130 cm³/mol. The van der Waals surface area contributed by atoms with Crippen LogP contribution in [0.25, 0.3) is 0 Å². The summed E-state index contributed by atoms with van der Waals surface area (Å²) in [5, 5.41) is 2.97. The number of amides is 2. The van der Waals surface area contributed by atoms with Crippen LogP contribution >= 0.6 is 0 Å². The third kappa shape index (κ3) is 4.67. The summed E-state index contributed by atoms with van der Waals surface area (Å²) in [6.45, 7) is 8.97. The maximum absolute atomic E-state index is 12.8. The molecular formula is C27H29N3O2. The van der Waals surface area contributed by atoms with Crippen LogP contribution in [0.2, 0.25) is 0 Å². The van der Waals surface area contributed by atoms with Crippen LogP contribution in [0.3, 0.4) is 0 Å². The van der Waals surface area contributed by atoms with E-state index in [1.807, 2.05) is 92.4 Å². The van der Waals surface area contributed by atoms with Crippen LogP contribution < -0.4 is 10.2 Å². The Balaban J connectivity index is 1.35. The molecule has 0 radical (unpaired) electrons. The molecule has 0 atom stereocenters. The molecule has 3 aromatic rings. The van der Waals surface area contributed by atoms with Gasteiger partial charge in [0.2, 0.25) is 0 Å². The van der Waals surface area contributed by atoms with E-state index in [9.17, 15) is 9.59 Å². The molecular weight excluding hydrogens is 398 g/mol. The second-order valence-corrected chi connectivity index (χ2v) is 8.39. The smallest absolute Gasteiger partial charge is 0.255 e. The molecule has 4 rings (SSSR count). The molecule has 1 aliphatic rings. The van der Waals surface area contributed by atoms with E-state index in [1.54, 1.807) is 0 Å². The predicted octanol–water partition coefficient (Wildman–Crippen LogP) is 4.83. The molecule has 3 aromatic carbocycles. The molecule has 1 saturated heterocycles. The van der Waals surface area contributed by atoms with Crippen molar-refractivity contribution in [3.8, 4) is 0 Å². The molecule has 0 aromatic heterocycles. The van der Waals surface area contributed by atoms with Crippen LogP contribution in [0.5, 0.6) is 0 Å². The monoisotopic (exact) mass is 427 g/mol. The molecule has 0 saturated carbocycles. The molecule has 32 heavy (non-hydrogen) atoms. The van der Waals surface area contributed by atoms with Gasteiger partial charge in [-0.05, 0) is 79.9 Å². The first kappa shape index (κ1) is 21.6. The molecule has 0 spiro atoms. The van der Waals surface area contributed by atoms with Crippen molar-refractivity contribution in [3.63, 3.8) is 0 Å². The summed E-state index contributed by atoms with van der Waals surface area (Å²) in [4.78, 5) is 29.6. The maximum atomic E-state index is 12.8. The zero-order valence-electron chi connectivity index (χ0n) is 18.9. The Hall–Kier alpha value is -3.60. The highest BCUT2D eigenvalue weighted by molar-refractivity contribution is 6.04. The first-order chi connectivity index (χ1) is 15.4. The Morgan fingerprint density at radius 1 is 0.750 bits per heavy atom. The normalized spacial score (nSPS) is 13.7. The zero-order valence-corrected chi connectivity index (χ0v) is 18.9. The molecule has 164 valence electrons. The van der Waals surface area contributed by atoms with Gasteiger partial charge in [0.05, 0.1) is 0 Å². The third-order valence-corrected chi connectivity index (χ3v) is 6.20. The molecule has 1 fully saturated rings. The van der Waals surface area contributed by atoms with E-state index in [4.69, 9.17) is 0 Å². The molecule has 0 bridgehead atoms. The van der Waals surface area contributed by atoms with Crippen molar-refractivity contribution in [1.29, 1.82) is 0 Å². The van der Waals surface area contributed by atoms with Gasteiger partial charge < -0.3 is 15.1 Å². The third-order valence-electron chi connectivity index (χ3n) is 6.20. The fourth-order valence-corrected chi connectivity index (χ4v) is 3.99. The lowest BCUT2D eigenvalue weighted by molar-refractivity contribution is 0.0746. The van der Waals surface area contributed by atoms with Gasteiger partial charge in [-0.1, -0.05) is 24.3 Å². The van der Waals surface area contributed by atoms with E-state index in [-0.39, 0.29) is 11.8 Å². The van der Waals surface area contributed by atoms with Crippen LogP contribution in [0.4, 0.5) is 11.4 Å². The minimum absolute atomic E-state index is 0.104. The lowest BCUT2D eigenvalue weighted by atomic mass is 10.1. The summed E-state index contributed by atoms with van der Waals surface area (Å²) in [6.07, 6.45) is 0. The lowest BCUT2D eigenvalue weighted by Crippen LogP contribution is -2.48. The summed E-state index contributed by atoms with van der Waals surface area (Å²) < 4.78 is 0. The highest BCUT2D eigenvalue weighted by atomic mass is 16.2. The molecule has 1 aliphatic heterocycles. The molecule has 1 N–H and O–H groups in total. The van der Waals surface area contributed by atoms with Crippen LogP contribution in [0.15, 0.2) is 66.7 Å². The second-order valence-electron chi connectivity index (χ2n) is 8.39. The first-order valence-electron chi connectivity index (χ1n) is 11.0. The molecule has 1 heterocycles. The first-order valence-corrected chi connectivity index (χ1v) is 11.0. The topological polar surface area (TPSA) is 52.7 Å². The van der Waals surface area contributed by atoms with Gasteiger partial charge in [-0.25, -0.2) is 0 Å². The van der Waals surface area contributed by atoms with Gasteiger partial charge in [-0.3, -0.25) is 9.59 Å². The van der Waals surface area contributed by atoms with Gasteiger partial charge in [-0.2, -0.15) is 0 Å². The summed E-state index contributed by atoms with van der Waals surface area (Å²) >= 11 is 0. The van der Waals surface area contributed by atoms with E-state index < -0.39 is 0 Å². The van der Waals surface area contributed by atoms with Crippen LogP contribution in [-0.4, -0.2) is 42.9 Å². The number of carbonyl (C=O) groups excluding carboxylic acids is 2. The molecule has 0 unspecified atom stereocenters. The number of benzene rings is 3. The average molecular weight is 428 g/mol. The number of hydrogen-bond acceptors (Lipinski definition) is 3. The van der Waals surface area contributed by atoms with Crippen molar-refractivity contribution in [2.75, 3.05) is 36.4 Å². The van der Waals surface area contributed by atoms with Gasteiger partial charge >= 0.3 is 0 Å². The molecule has 5 nitrogen and oxygen atoms in total. The fraction of sp³-hybridized carbons (Fsp3) is 0.259. The van der Waals surface area contributed by atoms with Crippen LogP contribution in [-0.2, 0) is 0 Å². The molecule has 2 amide bonds. The largest absolute Gasteiger partial charge is 0.368 e. The van der Waals surface area contributed by atoms with Crippen molar-refractivity contribution >= 4 is 23.2 Å². The van der Waals surface area contributed by atoms with E-state index in [1.165, 1.54) is 5.56 Å². The molecule has 5 heteroatoms.